The molecular formula is C25H43N3O6S. The fourth-order valence-electron chi connectivity index (χ4n) is 4.37. The van der Waals surface area contributed by atoms with Crippen LogP contribution in [0.25, 0.3) is 0 Å². The van der Waals surface area contributed by atoms with Gasteiger partial charge in [-0.05, 0) is 76.9 Å². The number of benzene rings is 1. The molecular weight excluding hydrogens is 470 g/mol. The highest BCUT2D eigenvalue weighted by Crippen LogP contribution is 2.28. The molecule has 2 rings (SSSR count). The molecule has 0 unspecified atom stereocenters. The first-order valence-corrected chi connectivity index (χ1v) is 13.6. The van der Waals surface area contributed by atoms with Crippen molar-refractivity contribution in [2.45, 2.75) is 56.6 Å². The minimum absolute atomic E-state index is 0.0652. The molecule has 1 saturated carbocycles. The van der Waals surface area contributed by atoms with Crippen molar-refractivity contribution in [3.8, 4) is 5.75 Å². The highest BCUT2D eigenvalue weighted by atomic mass is 32.2. The number of nitrogens with zero attached hydrogens (tertiary/aromatic N) is 3. The topological polar surface area (TPSA) is 88.6 Å². The lowest BCUT2D eigenvalue weighted by Gasteiger charge is -2.34. The average Bonchev–Trinajstić information content (AvgIpc) is 2.80. The van der Waals surface area contributed by atoms with Gasteiger partial charge in [-0.25, -0.2) is 8.42 Å². The number of ether oxygens (including phenoxy) is 3. The van der Waals surface area contributed by atoms with Crippen molar-refractivity contribution in [1.82, 2.24) is 14.1 Å². The molecule has 10 heteroatoms. The highest BCUT2D eigenvalue weighted by Gasteiger charge is 2.28. The maximum Gasteiger partial charge on any atom is 0.248 e. The predicted molar refractivity (Wildman–Crippen MR) is 136 cm³/mol. The van der Waals surface area contributed by atoms with Gasteiger partial charge in [-0.2, -0.15) is 4.31 Å². The second-order valence-electron chi connectivity index (χ2n) is 9.58. The SMILES string of the molecule is COc1cc(C)c(S(=O)(=O)N(C)CCOCC(=O)N(C)C2CCC(OCCN(C)C)CC2)c(C)c1. The van der Waals surface area contributed by atoms with Gasteiger partial charge in [0.15, 0.2) is 0 Å². The first-order chi connectivity index (χ1) is 16.5. The normalized spacial score (nSPS) is 18.8. The standard InChI is InChI=1S/C25H43N3O6S/c1-19-16-23(32-7)17-20(2)25(19)35(30,31)27(5)13-14-33-18-24(29)28(6)21-8-10-22(11-9-21)34-15-12-26(3)4/h16-17,21-22H,8-15,18H2,1-7H3. The molecule has 0 spiro atoms. The minimum Gasteiger partial charge on any atom is -0.497 e. The Morgan fingerprint density at radius 2 is 1.57 bits per heavy atom. The van der Waals surface area contributed by atoms with Crippen LogP contribution in [-0.4, -0.2) is 109 Å². The van der Waals surface area contributed by atoms with Crippen molar-refractivity contribution >= 4 is 15.9 Å². The third-order valence-electron chi connectivity index (χ3n) is 6.59. The largest absolute Gasteiger partial charge is 0.497 e. The van der Waals surface area contributed by atoms with E-state index in [-0.39, 0.29) is 42.7 Å². The molecule has 0 bridgehead atoms. The number of hydrogen-bond acceptors (Lipinski definition) is 7. The van der Waals surface area contributed by atoms with Crippen molar-refractivity contribution in [3.05, 3.63) is 23.3 Å². The molecule has 0 radical (unpaired) electrons. The number of carbonyl (C=O) groups is 1. The molecule has 1 aromatic rings. The summed E-state index contributed by atoms with van der Waals surface area (Å²) in [4.78, 5) is 16.7. The zero-order valence-corrected chi connectivity index (χ0v) is 23.2. The highest BCUT2D eigenvalue weighted by molar-refractivity contribution is 7.89. The summed E-state index contributed by atoms with van der Waals surface area (Å²) in [7, 11) is 5.26. The van der Waals surface area contributed by atoms with Gasteiger partial charge in [-0.15, -0.1) is 0 Å². The Kier molecular flexibility index (Phi) is 11.4. The molecule has 0 heterocycles. The molecule has 1 aliphatic carbocycles. The van der Waals surface area contributed by atoms with E-state index in [1.807, 2.05) is 21.1 Å². The lowest BCUT2D eigenvalue weighted by Crippen LogP contribution is -2.42. The van der Waals surface area contributed by atoms with E-state index in [9.17, 15) is 13.2 Å². The van der Waals surface area contributed by atoms with E-state index in [4.69, 9.17) is 14.2 Å². The number of amides is 1. The Morgan fingerprint density at radius 1 is 0.971 bits per heavy atom. The van der Waals surface area contributed by atoms with Crippen LogP contribution < -0.4 is 4.74 Å². The van der Waals surface area contributed by atoms with Crippen LogP contribution in [-0.2, 0) is 24.3 Å². The number of carbonyl (C=O) groups excluding carboxylic acids is 1. The molecule has 0 saturated heterocycles. The summed E-state index contributed by atoms with van der Waals surface area (Å²) < 4.78 is 44.2. The second kappa shape index (κ2) is 13.5. The van der Waals surface area contributed by atoms with E-state index in [0.29, 0.717) is 16.9 Å². The summed E-state index contributed by atoms with van der Waals surface area (Å²) in [5.74, 6) is 0.534. The second-order valence-corrected chi connectivity index (χ2v) is 11.6. The monoisotopic (exact) mass is 513 g/mol. The third-order valence-corrected chi connectivity index (χ3v) is 8.75. The van der Waals surface area contributed by atoms with Gasteiger partial charge in [0.25, 0.3) is 0 Å². The van der Waals surface area contributed by atoms with Crippen LogP contribution in [0.2, 0.25) is 0 Å². The van der Waals surface area contributed by atoms with Gasteiger partial charge >= 0.3 is 0 Å². The fraction of sp³-hybridized carbons (Fsp3) is 0.720. The fourth-order valence-corrected chi connectivity index (χ4v) is 5.93. The van der Waals surface area contributed by atoms with Crippen LogP contribution in [0.4, 0.5) is 0 Å². The van der Waals surface area contributed by atoms with Crippen LogP contribution in [0, 0.1) is 13.8 Å². The predicted octanol–water partition coefficient (Wildman–Crippen LogP) is 2.30. The molecule has 35 heavy (non-hydrogen) atoms. The lowest BCUT2D eigenvalue weighted by atomic mass is 9.92. The van der Waals surface area contributed by atoms with Crippen LogP contribution in [0.15, 0.2) is 17.0 Å². The van der Waals surface area contributed by atoms with E-state index in [1.165, 1.54) is 11.4 Å². The molecule has 0 N–H and O–H groups in total. The third kappa shape index (κ3) is 8.42. The van der Waals surface area contributed by atoms with E-state index in [2.05, 4.69) is 4.90 Å². The van der Waals surface area contributed by atoms with Crippen LogP contribution in [0.1, 0.15) is 36.8 Å². The molecule has 0 aliphatic heterocycles. The Balaban J connectivity index is 1.76. The van der Waals surface area contributed by atoms with Crippen molar-refractivity contribution in [2.75, 3.05) is 68.2 Å². The Bertz CT molecular complexity index is 906. The Morgan fingerprint density at radius 3 is 2.11 bits per heavy atom. The van der Waals surface area contributed by atoms with Crippen LogP contribution in [0.5, 0.6) is 5.75 Å². The number of rotatable bonds is 13. The zero-order valence-electron chi connectivity index (χ0n) is 22.4. The van der Waals surface area contributed by atoms with Gasteiger partial charge in [0.05, 0.1) is 31.3 Å². The van der Waals surface area contributed by atoms with Crippen molar-refractivity contribution in [3.63, 3.8) is 0 Å². The Labute approximate surface area is 211 Å². The molecule has 0 atom stereocenters. The summed E-state index contributed by atoms with van der Waals surface area (Å²) in [6.45, 7) is 5.37. The molecule has 1 aliphatic rings. The first kappa shape index (κ1) is 29.5. The summed E-state index contributed by atoms with van der Waals surface area (Å²) in [5, 5.41) is 0. The van der Waals surface area contributed by atoms with Gasteiger partial charge in [-0.1, -0.05) is 0 Å². The summed E-state index contributed by atoms with van der Waals surface area (Å²) >= 11 is 0. The summed E-state index contributed by atoms with van der Waals surface area (Å²) in [6, 6.07) is 3.61. The molecule has 200 valence electrons. The smallest absolute Gasteiger partial charge is 0.248 e. The first-order valence-electron chi connectivity index (χ1n) is 12.2. The van der Waals surface area contributed by atoms with Crippen molar-refractivity contribution < 1.29 is 27.4 Å². The van der Waals surface area contributed by atoms with Crippen LogP contribution >= 0.6 is 0 Å². The van der Waals surface area contributed by atoms with Gasteiger partial charge in [-0.3, -0.25) is 4.79 Å². The van der Waals surface area contributed by atoms with Crippen molar-refractivity contribution in [2.24, 2.45) is 0 Å². The molecule has 1 fully saturated rings. The maximum absolute atomic E-state index is 13.1. The molecule has 0 aromatic heterocycles. The van der Waals surface area contributed by atoms with E-state index in [0.717, 1.165) is 38.8 Å². The number of hydrogen-bond donors (Lipinski definition) is 0. The number of methoxy groups -OCH3 is 1. The Hall–Kier alpha value is -1.72. The summed E-state index contributed by atoms with van der Waals surface area (Å²) in [6.07, 6.45) is 3.99. The molecule has 9 nitrogen and oxygen atoms in total. The summed E-state index contributed by atoms with van der Waals surface area (Å²) in [5.41, 5.74) is 1.26. The van der Waals surface area contributed by atoms with E-state index >= 15 is 0 Å². The van der Waals surface area contributed by atoms with Gasteiger partial charge in [0, 0.05) is 33.2 Å². The zero-order chi connectivity index (χ0) is 26.2. The minimum atomic E-state index is -3.69. The number of aryl methyl sites for hydroxylation is 2. The average molecular weight is 514 g/mol. The quantitative estimate of drug-likeness (QED) is 0.374. The van der Waals surface area contributed by atoms with E-state index in [1.54, 1.807) is 38.0 Å². The maximum atomic E-state index is 13.1. The van der Waals surface area contributed by atoms with E-state index < -0.39 is 10.0 Å². The van der Waals surface area contributed by atoms with Gasteiger partial charge < -0.3 is 24.0 Å². The van der Waals surface area contributed by atoms with Crippen molar-refractivity contribution in [1.29, 1.82) is 0 Å². The number of sulfonamides is 1. The van der Waals surface area contributed by atoms with Gasteiger partial charge in [0.2, 0.25) is 15.9 Å². The molecule has 1 aromatic carbocycles. The lowest BCUT2D eigenvalue weighted by molar-refractivity contribution is -0.138. The van der Waals surface area contributed by atoms with Crippen LogP contribution in [0.3, 0.4) is 0 Å². The number of likely N-dealkylation sites (N-methyl/N-ethyl adjacent to an activating group) is 3. The van der Waals surface area contributed by atoms with Gasteiger partial charge in [0.1, 0.15) is 12.4 Å². The molecule has 1 amide bonds.